The third kappa shape index (κ3) is 5.65. The number of aromatic nitrogens is 3. The van der Waals surface area contributed by atoms with E-state index in [0.29, 0.717) is 12.2 Å². The number of unbranched alkanes of at least 4 members (excludes halogenated alkanes) is 1. The van der Waals surface area contributed by atoms with Crippen molar-refractivity contribution in [3.63, 3.8) is 0 Å². The summed E-state index contributed by atoms with van der Waals surface area (Å²) in [7, 11) is 0. The van der Waals surface area contributed by atoms with E-state index >= 15 is 0 Å². The first-order valence-electron chi connectivity index (χ1n) is 8.47. The van der Waals surface area contributed by atoms with Gasteiger partial charge in [-0.25, -0.2) is 4.68 Å². The molecule has 0 saturated heterocycles. The molecule has 2 N–H and O–H groups in total. The van der Waals surface area contributed by atoms with Crippen molar-refractivity contribution in [2.75, 3.05) is 0 Å². The molecule has 1 saturated carbocycles. The third-order valence-electron chi connectivity index (χ3n) is 4.51. The van der Waals surface area contributed by atoms with Crippen LogP contribution >= 0.6 is 0 Å². The SMILES string of the molecule is CCCCC1CCC(C(=O)NCc2cn(CC(=O)O)nn2)CC1. The molecule has 1 aromatic rings. The van der Waals surface area contributed by atoms with E-state index in [1.54, 1.807) is 6.20 Å². The zero-order valence-corrected chi connectivity index (χ0v) is 13.7. The fraction of sp³-hybridized carbons (Fsp3) is 0.750. The van der Waals surface area contributed by atoms with E-state index in [1.165, 1.54) is 23.9 Å². The van der Waals surface area contributed by atoms with Gasteiger partial charge in [-0.15, -0.1) is 5.10 Å². The Morgan fingerprint density at radius 1 is 1.35 bits per heavy atom. The van der Waals surface area contributed by atoms with Gasteiger partial charge in [0.05, 0.1) is 12.7 Å². The van der Waals surface area contributed by atoms with E-state index in [0.717, 1.165) is 31.6 Å². The molecule has 0 unspecified atom stereocenters. The van der Waals surface area contributed by atoms with Crippen LogP contribution in [0.25, 0.3) is 0 Å². The van der Waals surface area contributed by atoms with Gasteiger partial charge in [0.1, 0.15) is 12.2 Å². The van der Waals surface area contributed by atoms with Crippen LogP contribution in [0.15, 0.2) is 6.20 Å². The number of rotatable bonds is 8. The number of carboxylic acids is 1. The number of aliphatic carboxylic acids is 1. The van der Waals surface area contributed by atoms with Crippen molar-refractivity contribution < 1.29 is 14.7 Å². The molecule has 2 rings (SSSR count). The minimum atomic E-state index is -0.967. The highest BCUT2D eigenvalue weighted by Gasteiger charge is 2.25. The zero-order valence-electron chi connectivity index (χ0n) is 13.7. The quantitative estimate of drug-likeness (QED) is 0.762. The Morgan fingerprint density at radius 3 is 2.74 bits per heavy atom. The monoisotopic (exact) mass is 322 g/mol. The van der Waals surface area contributed by atoms with Crippen LogP contribution in [-0.4, -0.2) is 32.0 Å². The lowest BCUT2D eigenvalue weighted by molar-refractivity contribution is -0.138. The molecule has 7 nitrogen and oxygen atoms in total. The predicted molar refractivity (Wildman–Crippen MR) is 84.5 cm³/mol. The van der Waals surface area contributed by atoms with Crippen molar-refractivity contribution in [3.8, 4) is 0 Å². The Labute approximate surface area is 136 Å². The smallest absolute Gasteiger partial charge is 0.325 e. The minimum Gasteiger partial charge on any atom is -0.480 e. The summed E-state index contributed by atoms with van der Waals surface area (Å²) in [5, 5.41) is 19.2. The maximum absolute atomic E-state index is 12.2. The number of carboxylic acid groups (broad SMARTS) is 1. The Bertz CT molecular complexity index is 521. The molecule has 128 valence electrons. The molecule has 0 radical (unpaired) electrons. The Morgan fingerprint density at radius 2 is 2.09 bits per heavy atom. The Kier molecular flexibility index (Phi) is 6.55. The maximum atomic E-state index is 12.2. The molecule has 0 aliphatic heterocycles. The number of nitrogens with one attached hydrogen (secondary N) is 1. The average Bonchev–Trinajstić information content (AvgIpc) is 2.97. The summed E-state index contributed by atoms with van der Waals surface area (Å²) in [6.45, 7) is 2.29. The number of hydrogen-bond acceptors (Lipinski definition) is 4. The molecule has 1 fully saturated rings. The van der Waals surface area contributed by atoms with Crippen molar-refractivity contribution in [2.24, 2.45) is 11.8 Å². The van der Waals surface area contributed by atoms with Crippen molar-refractivity contribution >= 4 is 11.9 Å². The Balaban J connectivity index is 1.71. The second-order valence-corrected chi connectivity index (χ2v) is 6.38. The predicted octanol–water partition coefficient (Wildman–Crippen LogP) is 1.98. The van der Waals surface area contributed by atoms with Gasteiger partial charge in [0.25, 0.3) is 0 Å². The zero-order chi connectivity index (χ0) is 16.7. The van der Waals surface area contributed by atoms with E-state index < -0.39 is 5.97 Å². The third-order valence-corrected chi connectivity index (χ3v) is 4.51. The largest absolute Gasteiger partial charge is 0.480 e. The summed E-state index contributed by atoms with van der Waals surface area (Å²) >= 11 is 0. The van der Waals surface area contributed by atoms with Crippen LogP contribution in [0.4, 0.5) is 0 Å². The first-order valence-corrected chi connectivity index (χ1v) is 8.47. The summed E-state index contributed by atoms with van der Waals surface area (Å²) in [6, 6.07) is 0. The average molecular weight is 322 g/mol. The topological polar surface area (TPSA) is 97.1 Å². The van der Waals surface area contributed by atoms with Gasteiger partial charge in [0, 0.05) is 5.92 Å². The lowest BCUT2D eigenvalue weighted by Gasteiger charge is -2.27. The van der Waals surface area contributed by atoms with Gasteiger partial charge >= 0.3 is 5.97 Å². The Hall–Kier alpha value is -1.92. The van der Waals surface area contributed by atoms with Gasteiger partial charge in [0.2, 0.25) is 5.91 Å². The molecule has 1 aliphatic carbocycles. The van der Waals surface area contributed by atoms with E-state index in [9.17, 15) is 9.59 Å². The van der Waals surface area contributed by atoms with Crippen LogP contribution in [-0.2, 0) is 22.7 Å². The van der Waals surface area contributed by atoms with E-state index in [2.05, 4.69) is 22.6 Å². The molecule has 0 aromatic carbocycles. The molecule has 0 bridgehead atoms. The highest BCUT2D eigenvalue weighted by molar-refractivity contribution is 5.78. The minimum absolute atomic E-state index is 0.0757. The first-order chi connectivity index (χ1) is 11.1. The van der Waals surface area contributed by atoms with Crippen LogP contribution < -0.4 is 5.32 Å². The number of nitrogens with zero attached hydrogens (tertiary/aromatic N) is 3. The van der Waals surface area contributed by atoms with E-state index in [1.807, 2.05) is 0 Å². The van der Waals surface area contributed by atoms with Crippen LogP contribution in [0, 0.1) is 11.8 Å². The fourth-order valence-electron chi connectivity index (χ4n) is 3.16. The lowest BCUT2D eigenvalue weighted by Crippen LogP contribution is -2.33. The van der Waals surface area contributed by atoms with Gasteiger partial charge in [-0.2, -0.15) is 0 Å². The molecule has 7 heteroatoms. The molecule has 1 aliphatic rings. The second kappa shape index (κ2) is 8.64. The van der Waals surface area contributed by atoms with Gasteiger partial charge < -0.3 is 10.4 Å². The van der Waals surface area contributed by atoms with Crippen LogP contribution in [0.1, 0.15) is 57.6 Å². The summed E-state index contributed by atoms with van der Waals surface area (Å²) in [5.41, 5.74) is 0.580. The lowest BCUT2D eigenvalue weighted by atomic mass is 9.79. The fourth-order valence-corrected chi connectivity index (χ4v) is 3.16. The molecule has 1 amide bonds. The van der Waals surface area contributed by atoms with E-state index in [4.69, 9.17) is 5.11 Å². The van der Waals surface area contributed by atoms with Crippen LogP contribution in [0.3, 0.4) is 0 Å². The van der Waals surface area contributed by atoms with Crippen molar-refractivity contribution in [3.05, 3.63) is 11.9 Å². The normalized spacial score (nSPS) is 21.1. The van der Waals surface area contributed by atoms with Crippen molar-refractivity contribution in [1.29, 1.82) is 0 Å². The summed E-state index contributed by atoms with van der Waals surface area (Å²) in [4.78, 5) is 22.8. The number of carbonyl (C=O) groups is 2. The molecule has 1 aromatic heterocycles. The maximum Gasteiger partial charge on any atom is 0.325 e. The summed E-state index contributed by atoms with van der Waals surface area (Å²) in [6.07, 6.45) is 9.58. The number of carbonyl (C=O) groups excluding carboxylic acids is 1. The summed E-state index contributed by atoms with van der Waals surface area (Å²) < 4.78 is 1.25. The standard InChI is InChI=1S/C16H26N4O3/c1-2-3-4-12-5-7-13(8-6-12)16(23)17-9-14-10-20(19-18-14)11-15(21)22/h10,12-13H,2-9,11H2,1H3,(H,17,23)(H,21,22). The molecule has 1 heterocycles. The summed E-state index contributed by atoms with van der Waals surface area (Å²) in [5.74, 6) is -0.00565. The number of hydrogen-bond donors (Lipinski definition) is 2. The van der Waals surface area contributed by atoms with Crippen LogP contribution in [0.2, 0.25) is 0 Å². The second-order valence-electron chi connectivity index (χ2n) is 6.38. The highest BCUT2D eigenvalue weighted by atomic mass is 16.4. The van der Waals surface area contributed by atoms with Gasteiger partial charge in [-0.1, -0.05) is 31.4 Å². The highest BCUT2D eigenvalue weighted by Crippen LogP contribution is 2.31. The first kappa shape index (κ1) is 17.4. The number of amides is 1. The molecule has 0 spiro atoms. The van der Waals surface area contributed by atoms with Gasteiger partial charge in [-0.3, -0.25) is 9.59 Å². The molecule has 0 atom stereocenters. The van der Waals surface area contributed by atoms with Crippen LogP contribution in [0.5, 0.6) is 0 Å². The van der Waals surface area contributed by atoms with Crippen molar-refractivity contribution in [1.82, 2.24) is 20.3 Å². The van der Waals surface area contributed by atoms with Gasteiger partial charge in [-0.05, 0) is 31.6 Å². The van der Waals surface area contributed by atoms with Gasteiger partial charge in [0.15, 0.2) is 0 Å². The molecular weight excluding hydrogens is 296 g/mol. The van der Waals surface area contributed by atoms with E-state index in [-0.39, 0.29) is 18.4 Å². The molecule has 23 heavy (non-hydrogen) atoms. The molecular formula is C16H26N4O3. The van der Waals surface area contributed by atoms with Crippen molar-refractivity contribution in [2.45, 2.75) is 65.0 Å².